The van der Waals surface area contributed by atoms with E-state index in [9.17, 15) is 9.59 Å². The third-order valence-corrected chi connectivity index (χ3v) is 15.3. The molecule has 0 saturated heterocycles. The topological polar surface area (TPSA) is 145 Å². The standard InChI is InChI=1S/C28H50O8.C24H42O6/c1-7-11-30-20-33-25-14-26(34-21-31-12-8-2)16-27(15-25,35-22-32-13-9-3)19-28(17-25,18-26)36-23(29)24(5,6)10-4;1-6-9-26-17-28-22-11-19-12-23(14-22,29-18-27-10-7-2)16-24(13-19,15-22)30-20(25)21(4,5)8-3/h7-22H2,1-6H3;19H,6-18H2,1-5H3. The zero-order valence-corrected chi connectivity index (χ0v) is 43.3. The molecule has 0 heterocycles. The van der Waals surface area contributed by atoms with Crippen LogP contribution in [0.4, 0.5) is 0 Å². The van der Waals surface area contributed by atoms with E-state index in [1.807, 2.05) is 41.5 Å². The Morgan fingerprint density at radius 1 is 0.379 bits per heavy atom. The molecule has 384 valence electrons. The summed E-state index contributed by atoms with van der Waals surface area (Å²) in [4.78, 5) is 26.4. The predicted molar refractivity (Wildman–Crippen MR) is 249 cm³/mol. The first-order valence-electron chi connectivity index (χ1n) is 25.9. The summed E-state index contributed by atoms with van der Waals surface area (Å²) in [6.45, 7) is 26.7. The highest BCUT2D eigenvalue weighted by molar-refractivity contribution is 5.77. The summed E-state index contributed by atoms with van der Waals surface area (Å²) < 4.78 is 73.6. The minimum absolute atomic E-state index is 0.110. The Labute approximate surface area is 398 Å². The zero-order valence-electron chi connectivity index (χ0n) is 43.3. The van der Waals surface area contributed by atoms with Crippen LogP contribution in [0.25, 0.3) is 0 Å². The minimum Gasteiger partial charge on any atom is -0.458 e. The summed E-state index contributed by atoms with van der Waals surface area (Å²) in [6, 6.07) is 0. The van der Waals surface area contributed by atoms with Gasteiger partial charge in [0.2, 0.25) is 0 Å². The van der Waals surface area contributed by atoms with Crippen molar-refractivity contribution < 1.29 is 66.4 Å². The number of rotatable bonds is 31. The highest BCUT2D eigenvalue weighted by Gasteiger charge is 2.72. The van der Waals surface area contributed by atoms with Crippen LogP contribution < -0.4 is 0 Å². The number of carbonyl (C=O) groups excluding carboxylic acids is 2. The van der Waals surface area contributed by atoms with Gasteiger partial charge in [-0.2, -0.15) is 0 Å². The van der Waals surface area contributed by atoms with Crippen molar-refractivity contribution in [2.45, 2.75) is 237 Å². The lowest BCUT2D eigenvalue weighted by Gasteiger charge is -2.68. The SMILES string of the molecule is CCCOCOC12CC3(OCOCCC)CC(OCOCCC)(C1)CC(OC(=O)C(C)(C)CC)(C2)C3.CCCOCOC12CC3CC(OCOCCC)(C1)CC(OC(=O)C(C)(C)CC)(C3)C2. The smallest absolute Gasteiger partial charge is 0.312 e. The van der Waals surface area contributed by atoms with E-state index in [1.165, 1.54) is 0 Å². The van der Waals surface area contributed by atoms with Gasteiger partial charge in [-0.25, -0.2) is 0 Å². The molecule has 2 unspecified atom stereocenters. The number of hydrogen-bond donors (Lipinski definition) is 0. The van der Waals surface area contributed by atoms with Crippen LogP contribution in [0, 0.1) is 16.7 Å². The van der Waals surface area contributed by atoms with Crippen molar-refractivity contribution in [1.82, 2.24) is 0 Å². The van der Waals surface area contributed by atoms with Crippen LogP contribution in [0.1, 0.15) is 198 Å². The highest BCUT2D eigenvalue weighted by atomic mass is 16.7. The van der Waals surface area contributed by atoms with Crippen molar-refractivity contribution in [3.05, 3.63) is 0 Å². The largest absolute Gasteiger partial charge is 0.458 e. The second-order valence-electron chi connectivity index (χ2n) is 22.5. The van der Waals surface area contributed by atoms with E-state index in [2.05, 4.69) is 34.6 Å². The maximum Gasteiger partial charge on any atom is 0.312 e. The van der Waals surface area contributed by atoms with Gasteiger partial charge in [0.25, 0.3) is 0 Å². The van der Waals surface area contributed by atoms with Gasteiger partial charge < -0.3 is 56.8 Å². The normalized spacial score (nSPS) is 34.1. The van der Waals surface area contributed by atoms with Crippen LogP contribution in [-0.4, -0.2) is 118 Å². The lowest BCUT2D eigenvalue weighted by molar-refractivity contribution is -0.352. The van der Waals surface area contributed by atoms with E-state index < -0.39 is 38.8 Å². The first-order chi connectivity index (χ1) is 31.3. The fourth-order valence-electron chi connectivity index (χ4n) is 12.3. The molecule has 0 N–H and O–H groups in total. The summed E-state index contributed by atoms with van der Waals surface area (Å²) in [7, 11) is 0. The van der Waals surface area contributed by atoms with Crippen LogP contribution in [0.2, 0.25) is 0 Å². The average Bonchev–Trinajstić information content (AvgIpc) is 3.25. The summed E-state index contributed by atoms with van der Waals surface area (Å²) in [6.07, 6.45) is 15.3. The molecule has 8 aliphatic carbocycles. The second-order valence-corrected chi connectivity index (χ2v) is 22.5. The average molecular weight is 941 g/mol. The lowest BCUT2D eigenvalue weighted by atomic mass is 9.48. The Balaban J connectivity index is 0.000000251. The van der Waals surface area contributed by atoms with E-state index in [-0.39, 0.29) is 57.1 Å². The molecule has 14 nitrogen and oxygen atoms in total. The van der Waals surface area contributed by atoms with Crippen LogP contribution in [-0.2, 0) is 66.4 Å². The van der Waals surface area contributed by atoms with E-state index in [1.54, 1.807) is 0 Å². The monoisotopic (exact) mass is 941 g/mol. The number of ether oxygens (including phenoxy) is 12. The van der Waals surface area contributed by atoms with Crippen LogP contribution in [0.15, 0.2) is 0 Å². The van der Waals surface area contributed by atoms with Crippen molar-refractivity contribution in [3.8, 4) is 0 Å². The molecular weight excluding hydrogens is 849 g/mol. The van der Waals surface area contributed by atoms with Gasteiger partial charge in [0, 0.05) is 90.8 Å². The van der Waals surface area contributed by atoms with Crippen molar-refractivity contribution in [2.24, 2.45) is 16.7 Å². The van der Waals surface area contributed by atoms with Crippen LogP contribution in [0.3, 0.4) is 0 Å². The van der Waals surface area contributed by atoms with Gasteiger partial charge in [-0.3, -0.25) is 9.59 Å². The molecule has 0 spiro atoms. The van der Waals surface area contributed by atoms with Crippen molar-refractivity contribution >= 4 is 11.9 Å². The molecule has 8 bridgehead atoms. The van der Waals surface area contributed by atoms with E-state index in [4.69, 9.17) is 56.8 Å². The molecule has 0 aromatic carbocycles. The van der Waals surface area contributed by atoms with Gasteiger partial charge in [-0.1, -0.05) is 48.5 Å². The molecule has 2 atom stereocenters. The molecule has 14 heteroatoms. The minimum atomic E-state index is -0.738. The predicted octanol–water partition coefficient (Wildman–Crippen LogP) is 10.5. The number of esters is 2. The maximum absolute atomic E-state index is 13.4. The third-order valence-electron chi connectivity index (χ3n) is 15.3. The van der Waals surface area contributed by atoms with Crippen molar-refractivity contribution in [1.29, 1.82) is 0 Å². The molecule has 66 heavy (non-hydrogen) atoms. The van der Waals surface area contributed by atoms with Gasteiger partial charge in [-0.05, 0) is 97.8 Å². The Hall–Kier alpha value is -1.46. The Bertz CT molecular complexity index is 1410. The van der Waals surface area contributed by atoms with E-state index >= 15 is 0 Å². The third kappa shape index (κ3) is 13.9. The fraction of sp³-hybridized carbons (Fsp3) is 0.962. The van der Waals surface area contributed by atoms with E-state index in [0.717, 1.165) is 77.0 Å². The molecule has 0 radical (unpaired) electrons. The number of hydrogen-bond acceptors (Lipinski definition) is 14. The van der Waals surface area contributed by atoms with Gasteiger partial charge in [0.15, 0.2) is 0 Å². The molecule has 0 aromatic rings. The van der Waals surface area contributed by atoms with Gasteiger partial charge >= 0.3 is 11.9 Å². The van der Waals surface area contributed by atoms with Crippen LogP contribution in [0.5, 0.6) is 0 Å². The first-order valence-corrected chi connectivity index (χ1v) is 25.9. The molecule has 0 amide bonds. The molecule has 8 fully saturated rings. The quantitative estimate of drug-likeness (QED) is 0.0369. The highest BCUT2D eigenvalue weighted by Crippen LogP contribution is 2.66. The van der Waals surface area contributed by atoms with Crippen molar-refractivity contribution in [3.63, 3.8) is 0 Å². The molecule has 8 aliphatic rings. The summed E-state index contributed by atoms with van der Waals surface area (Å²) in [5.41, 5.74) is -4.74. The lowest BCUT2D eigenvalue weighted by Crippen LogP contribution is -2.74. The Morgan fingerprint density at radius 2 is 0.621 bits per heavy atom. The molecule has 8 saturated carbocycles. The van der Waals surface area contributed by atoms with Gasteiger partial charge in [0.05, 0.1) is 38.8 Å². The maximum atomic E-state index is 13.4. The summed E-state index contributed by atoms with van der Waals surface area (Å²) in [5.74, 6) is 0.136. The molecule has 0 aromatic heterocycles. The molecule has 8 rings (SSSR count). The van der Waals surface area contributed by atoms with E-state index in [0.29, 0.717) is 83.9 Å². The Kier molecular flexibility index (Phi) is 19.9. The fourth-order valence-corrected chi connectivity index (χ4v) is 12.3. The zero-order chi connectivity index (χ0) is 48.2. The Morgan fingerprint density at radius 3 is 0.924 bits per heavy atom. The molecular formula is C52H92O14. The van der Waals surface area contributed by atoms with Gasteiger partial charge in [-0.15, -0.1) is 0 Å². The second kappa shape index (κ2) is 23.6. The van der Waals surface area contributed by atoms with Crippen LogP contribution >= 0.6 is 0 Å². The summed E-state index contributed by atoms with van der Waals surface area (Å²) >= 11 is 0. The molecule has 0 aliphatic heterocycles. The van der Waals surface area contributed by atoms with Crippen molar-refractivity contribution in [2.75, 3.05) is 67.0 Å². The first kappa shape index (κ1) is 55.5. The van der Waals surface area contributed by atoms with Gasteiger partial charge in [0.1, 0.15) is 45.2 Å². The number of carbonyl (C=O) groups is 2. The summed E-state index contributed by atoms with van der Waals surface area (Å²) in [5, 5.41) is 0.